The number of hydrogen-bond donors (Lipinski definition) is 1. The number of amides is 1. The summed E-state index contributed by atoms with van der Waals surface area (Å²) >= 11 is 0. The second kappa shape index (κ2) is 8.17. The van der Waals surface area contributed by atoms with Crippen molar-refractivity contribution in [3.05, 3.63) is 70.2 Å². The topological polar surface area (TPSA) is 71.2 Å². The van der Waals surface area contributed by atoms with E-state index in [1.165, 1.54) is 11.1 Å². The zero-order valence-electron chi connectivity index (χ0n) is 19.0. The van der Waals surface area contributed by atoms with Gasteiger partial charge in [-0.05, 0) is 73.1 Å². The van der Waals surface area contributed by atoms with Crippen LogP contribution < -0.4 is 0 Å². The van der Waals surface area contributed by atoms with E-state index < -0.39 is 6.10 Å². The average molecular weight is 431 g/mol. The van der Waals surface area contributed by atoms with E-state index in [0.29, 0.717) is 6.54 Å². The Morgan fingerprint density at radius 1 is 1.12 bits per heavy atom. The van der Waals surface area contributed by atoms with Crippen LogP contribution in [0, 0.1) is 13.8 Å². The normalized spacial score (nSPS) is 20.6. The van der Waals surface area contributed by atoms with Gasteiger partial charge in [-0.1, -0.05) is 18.9 Å². The van der Waals surface area contributed by atoms with Crippen molar-refractivity contribution in [1.82, 2.24) is 19.7 Å². The molecule has 1 amide bonds. The number of carbonyl (C=O) groups is 1. The Kier molecular flexibility index (Phi) is 5.33. The third kappa shape index (κ3) is 3.62. The Hall–Kier alpha value is -2.99. The van der Waals surface area contributed by atoms with Gasteiger partial charge in [-0.25, -0.2) is 0 Å². The smallest absolute Gasteiger partial charge is 0.254 e. The first-order valence-corrected chi connectivity index (χ1v) is 11.5. The average Bonchev–Trinajstić information content (AvgIpc) is 3.36. The second-order valence-electron chi connectivity index (χ2n) is 9.30. The van der Waals surface area contributed by atoms with Gasteiger partial charge in [0, 0.05) is 37.1 Å². The zero-order chi connectivity index (χ0) is 22.4. The molecule has 0 spiro atoms. The highest BCUT2D eigenvalue weighted by Crippen LogP contribution is 2.35. The van der Waals surface area contributed by atoms with Gasteiger partial charge in [-0.15, -0.1) is 0 Å². The lowest BCUT2D eigenvalue weighted by Crippen LogP contribution is -2.45. The molecule has 6 heteroatoms. The number of pyridine rings is 1. The molecular weight excluding hydrogens is 400 g/mol. The van der Waals surface area contributed by atoms with Crippen molar-refractivity contribution in [2.45, 2.75) is 64.6 Å². The quantitative estimate of drug-likeness (QED) is 0.680. The molecule has 2 aliphatic rings. The molecule has 2 atom stereocenters. The summed E-state index contributed by atoms with van der Waals surface area (Å²) in [4.78, 5) is 19.8. The van der Waals surface area contributed by atoms with E-state index in [4.69, 9.17) is 0 Å². The summed E-state index contributed by atoms with van der Waals surface area (Å²) in [6.07, 6.45) is 9.81. The third-order valence-corrected chi connectivity index (χ3v) is 7.27. The summed E-state index contributed by atoms with van der Waals surface area (Å²) < 4.78 is 1.77. The summed E-state index contributed by atoms with van der Waals surface area (Å²) in [6, 6.07) is 6.14. The molecule has 0 unspecified atom stereocenters. The molecule has 2 aromatic heterocycles. The van der Waals surface area contributed by atoms with E-state index in [-0.39, 0.29) is 11.9 Å². The van der Waals surface area contributed by atoms with Crippen LogP contribution in [-0.4, -0.2) is 42.8 Å². The highest BCUT2D eigenvalue weighted by Gasteiger charge is 2.38. The number of aliphatic hydroxyl groups is 1. The summed E-state index contributed by atoms with van der Waals surface area (Å²) in [6.45, 7) is 4.88. The van der Waals surface area contributed by atoms with Gasteiger partial charge in [-0.2, -0.15) is 5.10 Å². The van der Waals surface area contributed by atoms with Crippen LogP contribution in [0.25, 0.3) is 11.3 Å². The minimum absolute atomic E-state index is 0.0592. The second-order valence-corrected chi connectivity index (χ2v) is 9.30. The first kappa shape index (κ1) is 20.9. The number of aryl methyl sites for hydroxylation is 1. The molecule has 166 valence electrons. The Labute approximate surface area is 188 Å². The van der Waals surface area contributed by atoms with Crippen LogP contribution in [0.1, 0.15) is 63.9 Å². The molecule has 32 heavy (non-hydrogen) atoms. The molecule has 1 N–H and O–H groups in total. The number of benzene rings is 1. The zero-order valence-corrected chi connectivity index (χ0v) is 19.0. The SMILES string of the molecule is Cc1c(Cc2ccc(-c3cnn(C)c3)nc2)cc2c(c1C)CN([C@@H]1CCCC[C@H]1O)C2=O. The van der Waals surface area contributed by atoms with Crippen molar-refractivity contribution in [3.8, 4) is 11.3 Å². The van der Waals surface area contributed by atoms with Crippen molar-refractivity contribution in [3.63, 3.8) is 0 Å². The maximum Gasteiger partial charge on any atom is 0.254 e. The number of rotatable bonds is 4. The van der Waals surface area contributed by atoms with Crippen LogP contribution in [0.3, 0.4) is 0 Å². The molecule has 1 fully saturated rings. The van der Waals surface area contributed by atoms with Gasteiger partial charge in [0.1, 0.15) is 0 Å². The maximum atomic E-state index is 13.3. The van der Waals surface area contributed by atoms with Crippen molar-refractivity contribution >= 4 is 5.91 Å². The molecule has 0 saturated heterocycles. The molecule has 3 aromatic rings. The van der Waals surface area contributed by atoms with Gasteiger partial charge >= 0.3 is 0 Å². The van der Waals surface area contributed by atoms with E-state index in [9.17, 15) is 9.90 Å². The predicted octanol–water partition coefficient (Wildman–Crippen LogP) is 3.95. The van der Waals surface area contributed by atoms with Gasteiger partial charge in [0.25, 0.3) is 5.91 Å². The summed E-state index contributed by atoms with van der Waals surface area (Å²) in [7, 11) is 1.90. The Balaban J connectivity index is 1.40. The molecule has 6 nitrogen and oxygen atoms in total. The van der Waals surface area contributed by atoms with E-state index in [0.717, 1.165) is 65.6 Å². The minimum Gasteiger partial charge on any atom is -0.391 e. The minimum atomic E-state index is -0.410. The lowest BCUT2D eigenvalue weighted by atomic mass is 9.91. The van der Waals surface area contributed by atoms with Gasteiger partial charge in [0.2, 0.25) is 0 Å². The van der Waals surface area contributed by atoms with Crippen LogP contribution in [-0.2, 0) is 20.0 Å². The molecular formula is C26H30N4O2. The number of hydrogen-bond acceptors (Lipinski definition) is 4. The van der Waals surface area contributed by atoms with Crippen molar-refractivity contribution in [1.29, 1.82) is 0 Å². The van der Waals surface area contributed by atoms with Crippen LogP contribution in [0.5, 0.6) is 0 Å². The van der Waals surface area contributed by atoms with Crippen LogP contribution in [0.2, 0.25) is 0 Å². The monoisotopic (exact) mass is 430 g/mol. The molecule has 0 bridgehead atoms. The molecule has 0 radical (unpaired) electrons. The van der Waals surface area contributed by atoms with Crippen LogP contribution in [0.15, 0.2) is 36.8 Å². The standard InChI is InChI=1S/C26H30N4O2/c1-16-17(2)22-15-30(24-6-4-5-7-25(24)31)26(32)21(22)11-19(16)10-18-8-9-23(27-12-18)20-13-28-29(3)14-20/h8-9,11-14,24-25,31H,4-7,10,15H2,1-3H3/t24-,25-/m1/s1. The van der Waals surface area contributed by atoms with E-state index in [1.807, 2.05) is 36.6 Å². The molecule has 1 aliphatic heterocycles. The maximum absolute atomic E-state index is 13.3. The Bertz CT molecular complexity index is 1170. The first-order chi connectivity index (χ1) is 15.4. The fraction of sp³-hybridized carbons (Fsp3) is 0.423. The van der Waals surface area contributed by atoms with Gasteiger partial charge in [0.05, 0.1) is 24.0 Å². The third-order valence-electron chi connectivity index (χ3n) is 7.27. The Morgan fingerprint density at radius 2 is 1.94 bits per heavy atom. The highest BCUT2D eigenvalue weighted by molar-refractivity contribution is 5.99. The van der Waals surface area contributed by atoms with Gasteiger partial charge in [-0.3, -0.25) is 14.5 Å². The fourth-order valence-corrected chi connectivity index (χ4v) is 5.21. The van der Waals surface area contributed by atoms with E-state index in [2.05, 4.69) is 36.1 Å². The molecule has 1 aromatic carbocycles. The Morgan fingerprint density at radius 3 is 2.62 bits per heavy atom. The predicted molar refractivity (Wildman–Crippen MR) is 123 cm³/mol. The highest BCUT2D eigenvalue weighted by atomic mass is 16.3. The lowest BCUT2D eigenvalue weighted by Gasteiger charge is -2.35. The largest absolute Gasteiger partial charge is 0.391 e. The summed E-state index contributed by atoms with van der Waals surface area (Å²) in [5.41, 5.74) is 8.54. The number of fused-ring (bicyclic) bond motifs is 1. The number of carbonyl (C=O) groups excluding carboxylic acids is 1. The lowest BCUT2D eigenvalue weighted by molar-refractivity contribution is 0.0191. The molecule has 1 aliphatic carbocycles. The van der Waals surface area contributed by atoms with Crippen molar-refractivity contribution in [2.24, 2.45) is 7.05 Å². The van der Waals surface area contributed by atoms with E-state index in [1.54, 1.807) is 4.68 Å². The summed E-state index contributed by atoms with van der Waals surface area (Å²) in [5, 5.41) is 14.7. The number of aromatic nitrogens is 3. The number of nitrogens with zero attached hydrogens (tertiary/aromatic N) is 4. The fourth-order valence-electron chi connectivity index (χ4n) is 5.21. The van der Waals surface area contributed by atoms with Crippen LogP contribution in [0.4, 0.5) is 0 Å². The summed E-state index contributed by atoms with van der Waals surface area (Å²) in [5.74, 6) is 0.0698. The number of aliphatic hydroxyl groups excluding tert-OH is 1. The van der Waals surface area contributed by atoms with E-state index >= 15 is 0 Å². The van der Waals surface area contributed by atoms with Crippen molar-refractivity contribution in [2.75, 3.05) is 0 Å². The van der Waals surface area contributed by atoms with Crippen molar-refractivity contribution < 1.29 is 9.90 Å². The van der Waals surface area contributed by atoms with Gasteiger partial charge in [0.15, 0.2) is 0 Å². The first-order valence-electron chi connectivity index (χ1n) is 11.5. The molecule has 3 heterocycles. The molecule has 5 rings (SSSR count). The van der Waals surface area contributed by atoms with Crippen LogP contribution >= 0.6 is 0 Å². The molecule has 1 saturated carbocycles. The van der Waals surface area contributed by atoms with Gasteiger partial charge < -0.3 is 10.0 Å².